The molecule has 0 atom stereocenters. The molecular formula is C8H13ClN2O2. The second-order valence-corrected chi connectivity index (χ2v) is 3.30. The van der Waals surface area contributed by atoms with Crippen molar-refractivity contribution in [3.8, 4) is 0 Å². The molecule has 1 saturated heterocycles. The standard InChI is InChI=1S/C8H12N2O2.ClH/c1-6-9-7(11)8(10-6)2-4-12-5-3-8;/h2-5H2,1H3,(H,9,10,11);1H. The van der Waals surface area contributed by atoms with Gasteiger partial charge in [0, 0.05) is 26.1 Å². The van der Waals surface area contributed by atoms with Gasteiger partial charge in [0.05, 0.1) is 0 Å². The summed E-state index contributed by atoms with van der Waals surface area (Å²) in [6, 6.07) is 0. The Morgan fingerprint density at radius 2 is 2.08 bits per heavy atom. The van der Waals surface area contributed by atoms with E-state index in [1.54, 1.807) is 0 Å². The summed E-state index contributed by atoms with van der Waals surface area (Å²) in [6.45, 7) is 3.11. The summed E-state index contributed by atoms with van der Waals surface area (Å²) in [5.74, 6) is 0.783. The van der Waals surface area contributed by atoms with E-state index in [1.165, 1.54) is 0 Å². The summed E-state index contributed by atoms with van der Waals surface area (Å²) in [5, 5.41) is 2.73. The van der Waals surface area contributed by atoms with Gasteiger partial charge in [-0.25, -0.2) is 0 Å². The smallest absolute Gasteiger partial charge is 0.253 e. The fourth-order valence-corrected chi connectivity index (χ4v) is 1.73. The Labute approximate surface area is 83.2 Å². The van der Waals surface area contributed by atoms with E-state index in [9.17, 15) is 4.79 Å². The maximum atomic E-state index is 11.5. The molecule has 2 heterocycles. The minimum Gasteiger partial charge on any atom is -0.381 e. The highest BCUT2D eigenvalue weighted by Gasteiger charge is 2.43. The molecule has 0 aromatic heterocycles. The van der Waals surface area contributed by atoms with E-state index in [4.69, 9.17) is 4.74 Å². The summed E-state index contributed by atoms with van der Waals surface area (Å²) >= 11 is 0. The summed E-state index contributed by atoms with van der Waals surface area (Å²) in [5.41, 5.74) is -0.484. The van der Waals surface area contributed by atoms with Crippen molar-refractivity contribution in [1.29, 1.82) is 0 Å². The molecule has 0 saturated carbocycles. The van der Waals surface area contributed by atoms with Crippen LogP contribution in [-0.4, -0.2) is 30.5 Å². The van der Waals surface area contributed by atoms with E-state index >= 15 is 0 Å². The van der Waals surface area contributed by atoms with Gasteiger partial charge in [0.15, 0.2) is 0 Å². The zero-order valence-corrected chi connectivity index (χ0v) is 8.32. The van der Waals surface area contributed by atoms with Crippen LogP contribution in [0.2, 0.25) is 0 Å². The Bertz CT molecular complexity index is 247. The van der Waals surface area contributed by atoms with Crippen LogP contribution in [0.1, 0.15) is 19.8 Å². The van der Waals surface area contributed by atoms with Gasteiger partial charge < -0.3 is 10.1 Å². The van der Waals surface area contributed by atoms with Crippen LogP contribution in [0.5, 0.6) is 0 Å². The average Bonchev–Trinajstić information content (AvgIpc) is 2.29. The van der Waals surface area contributed by atoms with Gasteiger partial charge in [0.1, 0.15) is 11.4 Å². The molecule has 0 aromatic carbocycles. The monoisotopic (exact) mass is 204 g/mol. The third kappa shape index (κ3) is 1.69. The average molecular weight is 205 g/mol. The molecule has 0 bridgehead atoms. The van der Waals surface area contributed by atoms with Crippen LogP contribution >= 0.6 is 12.4 Å². The van der Waals surface area contributed by atoms with Gasteiger partial charge in [0.2, 0.25) is 0 Å². The molecule has 0 aromatic rings. The Hall–Kier alpha value is -0.610. The maximum absolute atomic E-state index is 11.5. The predicted molar refractivity (Wildman–Crippen MR) is 51.3 cm³/mol. The van der Waals surface area contributed by atoms with Crippen LogP contribution in [0.4, 0.5) is 0 Å². The fraction of sp³-hybridized carbons (Fsp3) is 0.750. The molecule has 0 aliphatic carbocycles. The maximum Gasteiger partial charge on any atom is 0.253 e. The summed E-state index contributed by atoms with van der Waals surface area (Å²) in [4.78, 5) is 15.8. The molecular weight excluding hydrogens is 192 g/mol. The van der Waals surface area contributed by atoms with Crippen LogP contribution in [-0.2, 0) is 9.53 Å². The normalized spacial score (nSPS) is 25.0. The van der Waals surface area contributed by atoms with E-state index < -0.39 is 5.54 Å². The number of nitrogens with zero attached hydrogens (tertiary/aromatic N) is 1. The lowest BCUT2D eigenvalue weighted by Crippen LogP contribution is -2.43. The number of halogens is 1. The molecule has 74 valence electrons. The van der Waals surface area contributed by atoms with E-state index in [-0.39, 0.29) is 18.3 Å². The molecule has 0 unspecified atom stereocenters. The fourth-order valence-electron chi connectivity index (χ4n) is 1.73. The third-order valence-corrected chi connectivity index (χ3v) is 2.42. The van der Waals surface area contributed by atoms with Crippen molar-refractivity contribution in [1.82, 2.24) is 5.32 Å². The Kier molecular flexibility index (Phi) is 2.93. The van der Waals surface area contributed by atoms with Crippen LogP contribution < -0.4 is 5.32 Å². The van der Waals surface area contributed by atoms with Crippen LogP contribution in [0, 0.1) is 0 Å². The van der Waals surface area contributed by atoms with Crippen molar-refractivity contribution in [2.24, 2.45) is 4.99 Å². The number of nitrogens with one attached hydrogen (secondary N) is 1. The van der Waals surface area contributed by atoms with Crippen molar-refractivity contribution in [3.05, 3.63) is 0 Å². The first-order valence-corrected chi connectivity index (χ1v) is 4.19. The number of aliphatic imine (C=N–C) groups is 1. The molecule has 2 rings (SSSR count). The van der Waals surface area contributed by atoms with Crippen LogP contribution in [0.15, 0.2) is 4.99 Å². The van der Waals surface area contributed by atoms with E-state index in [2.05, 4.69) is 10.3 Å². The molecule has 5 heteroatoms. The molecule has 1 amide bonds. The highest BCUT2D eigenvalue weighted by molar-refractivity contribution is 6.07. The number of amidine groups is 1. The lowest BCUT2D eigenvalue weighted by atomic mass is 9.91. The number of carbonyl (C=O) groups is 1. The number of amides is 1. The van der Waals surface area contributed by atoms with Crippen molar-refractivity contribution in [2.75, 3.05) is 13.2 Å². The number of hydrogen-bond acceptors (Lipinski definition) is 3. The van der Waals surface area contributed by atoms with Crippen molar-refractivity contribution >= 4 is 24.1 Å². The highest BCUT2D eigenvalue weighted by atomic mass is 35.5. The van der Waals surface area contributed by atoms with Gasteiger partial charge in [-0.15, -0.1) is 12.4 Å². The first-order chi connectivity index (χ1) is 5.73. The minimum absolute atomic E-state index is 0. The minimum atomic E-state index is -0.484. The predicted octanol–water partition coefficient (Wildman–Crippen LogP) is 0.506. The van der Waals surface area contributed by atoms with Crippen molar-refractivity contribution in [3.63, 3.8) is 0 Å². The molecule has 0 radical (unpaired) electrons. The van der Waals surface area contributed by atoms with E-state index in [0.29, 0.717) is 13.2 Å². The molecule has 2 aliphatic heterocycles. The quantitative estimate of drug-likeness (QED) is 0.625. The molecule has 2 aliphatic rings. The van der Waals surface area contributed by atoms with E-state index in [1.807, 2.05) is 6.92 Å². The van der Waals surface area contributed by atoms with Gasteiger partial charge in [-0.05, 0) is 6.92 Å². The summed E-state index contributed by atoms with van der Waals surface area (Å²) < 4.78 is 5.19. The largest absolute Gasteiger partial charge is 0.381 e. The van der Waals surface area contributed by atoms with Crippen molar-refractivity contribution in [2.45, 2.75) is 25.3 Å². The number of rotatable bonds is 0. The summed E-state index contributed by atoms with van der Waals surface area (Å²) in [6.07, 6.45) is 1.44. The number of ether oxygens (including phenoxy) is 1. The van der Waals surface area contributed by atoms with Crippen LogP contribution in [0.3, 0.4) is 0 Å². The first kappa shape index (κ1) is 10.5. The SMILES string of the molecule is CC1=NC2(CCOCC2)C(=O)N1.Cl. The molecule has 13 heavy (non-hydrogen) atoms. The summed E-state index contributed by atoms with van der Waals surface area (Å²) in [7, 11) is 0. The zero-order chi connectivity index (χ0) is 8.60. The lowest BCUT2D eigenvalue weighted by molar-refractivity contribution is -0.126. The Morgan fingerprint density at radius 3 is 2.54 bits per heavy atom. The van der Waals surface area contributed by atoms with Gasteiger partial charge >= 0.3 is 0 Å². The van der Waals surface area contributed by atoms with Gasteiger partial charge in [0.25, 0.3) is 5.91 Å². The second kappa shape index (κ2) is 3.64. The topological polar surface area (TPSA) is 50.7 Å². The van der Waals surface area contributed by atoms with Gasteiger partial charge in [-0.2, -0.15) is 0 Å². The zero-order valence-electron chi connectivity index (χ0n) is 7.50. The van der Waals surface area contributed by atoms with Gasteiger partial charge in [-0.1, -0.05) is 0 Å². The number of hydrogen-bond donors (Lipinski definition) is 1. The third-order valence-electron chi connectivity index (χ3n) is 2.42. The van der Waals surface area contributed by atoms with Gasteiger partial charge in [-0.3, -0.25) is 9.79 Å². The first-order valence-electron chi connectivity index (χ1n) is 4.19. The lowest BCUT2D eigenvalue weighted by Gasteiger charge is -2.27. The second-order valence-electron chi connectivity index (χ2n) is 3.30. The van der Waals surface area contributed by atoms with E-state index in [0.717, 1.165) is 18.7 Å². The molecule has 4 nitrogen and oxygen atoms in total. The molecule has 1 fully saturated rings. The highest BCUT2D eigenvalue weighted by Crippen LogP contribution is 2.28. The van der Waals surface area contributed by atoms with Crippen molar-refractivity contribution < 1.29 is 9.53 Å². The number of carbonyl (C=O) groups excluding carboxylic acids is 1. The Morgan fingerprint density at radius 1 is 1.46 bits per heavy atom. The molecule has 1 N–H and O–H groups in total. The molecule has 1 spiro atoms. The Balaban J connectivity index is 0.000000845. The van der Waals surface area contributed by atoms with Crippen LogP contribution in [0.25, 0.3) is 0 Å².